The van der Waals surface area contributed by atoms with Crippen molar-refractivity contribution in [2.24, 2.45) is 0 Å². The molecular weight excluding hydrogens is 216 g/mol. The van der Waals surface area contributed by atoms with Gasteiger partial charge in [-0.3, -0.25) is 0 Å². The molecule has 1 aliphatic rings. The number of rotatable bonds is 3. The van der Waals surface area contributed by atoms with Gasteiger partial charge >= 0.3 is 0 Å². The molecule has 0 unspecified atom stereocenters. The summed E-state index contributed by atoms with van der Waals surface area (Å²) in [5.41, 5.74) is 3.18. The van der Waals surface area contributed by atoms with Crippen molar-refractivity contribution in [3.8, 4) is 6.07 Å². The zero-order valence-electron chi connectivity index (χ0n) is 9.20. The standard InChI is InChI=1S/C13H14N2S/c1-2-7-16-13-11(9-14)8-10-5-3-4-6-12(10)15-13/h2,8H,1,3-7H2. The Hall–Kier alpha value is -1.27. The first-order valence-electron chi connectivity index (χ1n) is 5.51. The number of hydrogen-bond donors (Lipinski definition) is 0. The van der Waals surface area contributed by atoms with Gasteiger partial charge in [0.2, 0.25) is 0 Å². The van der Waals surface area contributed by atoms with Gasteiger partial charge in [0.25, 0.3) is 0 Å². The van der Waals surface area contributed by atoms with Crippen LogP contribution in [0, 0.1) is 11.3 Å². The third-order valence-electron chi connectivity index (χ3n) is 2.72. The lowest BCUT2D eigenvalue weighted by Gasteiger charge is -2.16. The molecule has 0 bridgehead atoms. The summed E-state index contributed by atoms with van der Waals surface area (Å²) >= 11 is 1.59. The fraction of sp³-hybridized carbons (Fsp3) is 0.385. The van der Waals surface area contributed by atoms with Crippen molar-refractivity contribution in [1.82, 2.24) is 4.98 Å². The minimum atomic E-state index is 0.715. The molecule has 0 spiro atoms. The number of hydrogen-bond acceptors (Lipinski definition) is 3. The second-order valence-electron chi connectivity index (χ2n) is 3.87. The number of pyridine rings is 1. The third-order valence-corrected chi connectivity index (χ3v) is 3.71. The molecular formula is C13H14N2S. The van der Waals surface area contributed by atoms with Crippen LogP contribution >= 0.6 is 11.8 Å². The van der Waals surface area contributed by atoms with Crippen LogP contribution in [0.25, 0.3) is 0 Å². The molecule has 0 amide bonds. The van der Waals surface area contributed by atoms with Crippen LogP contribution in [-0.4, -0.2) is 10.7 Å². The normalized spacial score (nSPS) is 13.9. The van der Waals surface area contributed by atoms with E-state index < -0.39 is 0 Å². The van der Waals surface area contributed by atoms with E-state index >= 15 is 0 Å². The Bertz CT molecular complexity index is 446. The quantitative estimate of drug-likeness (QED) is 0.591. The van der Waals surface area contributed by atoms with Gasteiger partial charge in [-0.2, -0.15) is 5.26 Å². The van der Waals surface area contributed by atoms with E-state index in [0.29, 0.717) is 5.56 Å². The summed E-state index contributed by atoms with van der Waals surface area (Å²) in [5.74, 6) is 0.806. The Labute approximate surface area is 100 Å². The molecule has 0 saturated heterocycles. The Balaban J connectivity index is 2.36. The summed E-state index contributed by atoms with van der Waals surface area (Å²) in [7, 11) is 0. The molecule has 0 N–H and O–H groups in total. The van der Waals surface area contributed by atoms with Gasteiger partial charge in [-0.25, -0.2) is 4.98 Å². The highest BCUT2D eigenvalue weighted by molar-refractivity contribution is 7.99. The SMILES string of the molecule is C=CCSc1nc2c(cc1C#N)CCCC2. The lowest BCUT2D eigenvalue weighted by Crippen LogP contribution is -2.07. The van der Waals surface area contributed by atoms with Crippen LogP contribution in [0.4, 0.5) is 0 Å². The second-order valence-corrected chi connectivity index (χ2v) is 4.87. The summed E-state index contributed by atoms with van der Waals surface area (Å²) in [4.78, 5) is 4.61. The average Bonchev–Trinajstić information content (AvgIpc) is 2.35. The van der Waals surface area contributed by atoms with E-state index in [-0.39, 0.29) is 0 Å². The van der Waals surface area contributed by atoms with Crippen molar-refractivity contribution in [1.29, 1.82) is 5.26 Å². The van der Waals surface area contributed by atoms with E-state index in [1.807, 2.05) is 12.1 Å². The van der Waals surface area contributed by atoms with Gasteiger partial charge in [0.15, 0.2) is 0 Å². The van der Waals surface area contributed by atoms with Crippen LogP contribution in [-0.2, 0) is 12.8 Å². The van der Waals surface area contributed by atoms with E-state index in [1.165, 1.54) is 24.1 Å². The molecule has 2 nitrogen and oxygen atoms in total. The zero-order chi connectivity index (χ0) is 11.4. The minimum absolute atomic E-state index is 0.715. The van der Waals surface area contributed by atoms with Gasteiger partial charge < -0.3 is 0 Å². The number of aromatic nitrogens is 1. The number of fused-ring (bicyclic) bond motifs is 1. The fourth-order valence-electron chi connectivity index (χ4n) is 1.94. The maximum atomic E-state index is 9.09. The number of nitrogens with zero attached hydrogens (tertiary/aromatic N) is 2. The molecule has 1 aromatic rings. The van der Waals surface area contributed by atoms with Crippen molar-refractivity contribution in [3.05, 3.63) is 35.5 Å². The fourth-order valence-corrected chi connectivity index (χ4v) is 2.65. The molecule has 1 aromatic heterocycles. The van der Waals surface area contributed by atoms with E-state index in [2.05, 4.69) is 17.6 Å². The van der Waals surface area contributed by atoms with Crippen molar-refractivity contribution >= 4 is 11.8 Å². The first kappa shape index (κ1) is 11.2. The molecule has 0 fully saturated rings. The van der Waals surface area contributed by atoms with Gasteiger partial charge in [0.1, 0.15) is 11.1 Å². The van der Waals surface area contributed by atoms with Crippen molar-refractivity contribution in [2.75, 3.05) is 5.75 Å². The molecule has 0 saturated carbocycles. The highest BCUT2D eigenvalue weighted by Crippen LogP contribution is 2.27. The Morgan fingerprint density at radius 1 is 1.50 bits per heavy atom. The van der Waals surface area contributed by atoms with Crippen LogP contribution in [0.5, 0.6) is 0 Å². The second kappa shape index (κ2) is 5.18. The molecule has 1 aliphatic carbocycles. The molecule has 0 aromatic carbocycles. The predicted molar refractivity (Wildman–Crippen MR) is 66.5 cm³/mol. The first-order chi connectivity index (χ1) is 7.85. The van der Waals surface area contributed by atoms with Gasteiger partial charge in [0, 0.05) is 11.4 Å². The molecule has 3 heteroatoms. The van der Waals surface area contributed by atoms with Gasteiger partial charge in [-0.1, -0.05) is 6.08 Å². The van der Waals surface area contributed by atoms with Gasteiger partial charge in [-0.15, -0.1) is 18.3 Å². The van der Waals surface area contributed by atoms with Crippen molar-refractivity contribution < 1.29 is 0 Å². The van der Waals surface area contributed by atoms with E-state index in [4.69, 9.17) is 5.26 Å². The maximum absolute atomic E-state index is 9.09. The first-order valence-corrected chi connectivity index (χ1v) is 6.50. The lowest BCUT2D eigenvalue weighted by atomic mass is 9.95. The van der Waals surface area contributed by atoms with Crippen LogP contribution in [0.2, 0.25) is 0 Å². The zero-order valence-corrected chi connectivity index (χ0v) is 10.0. The highest BCUT2D eigenvalue weighted by Gasteiger charge is 2.14. The summed E-state index contributed by atoms with van der Waals surface area (Å²) in [6, 6.07) is 4.26. The Morgan fingerprint density at radius 2 is 2.31 bits per heavy atom. The van der Waals surface area contributed by atoms with Crippen LogP contribution in [0.15, 0.2) is 23.7 Å². The third kappa shape index (κ3) is 2.28. The summed E-state index contributed by atoms with van der Waals surface area (Å²) in [6.07, 6.45) is 6.41. The van der Waals surface area contributed by atoms with Crippen molar-refractivity contribution in [3.63, 3.8) is 0 Å². The van der Waals surface area contributed by atoms with Crippen LogP contribution < -0.4 is 0 Å². The molecule has 16 heavy (non-hydrogen) atoms. The smallest absolute Gasteiger partial charge is 0.114 e. The largest absolute Gasteiger partial charge is 0.245 e. The molecule has 0 aliphatic heterocycles. The Morgan fingerprint density at radius 3 is 3.06 bits per heavy atom. The molecule has 2 rings (SSSR count). The van der Waals surface area contributed by atoms with E-state index in [1.54, 1.807) is 11.8 Å². The molecule has 1 heterocycles. The van der Waals surface area contributed by atoms with E-state index in [9.17, 15) is 0 Å². The monoisotopic (exact) mass is 230 g/mol. The topological polar surface area (TPSA) is 36.7 Å². The number of aryl methyl sites for hydroxylation is 2. The van der Waals surface area contributed by atoms with Crippen LogP contribution in [0.3, 0.4) is 0 Å². The van der Waals surface area contributed by atoms with Crippen molar-refractivity contribution in [2.45, 2.75) is 30.7 Å². The maximum Gasteiger partial charge on any atom is 0.114 e. The minimum Gasteiger partial charge on any atom is -0.245 e. The van der Waals surface area contributed by atoms with E-state index in [0.717, 1.165) is 23.6 Å². The summed E-state index contributed by atoms with van der Waals surface area (Å²) in [6.45, 7) is 3.69. The number of thioether (sulfide) groups is 1. The molecule has 0 atom stereocenters. The highest BCUT2D eigenvalue weighted by atomic mass is 32.2. The predicted octanol–water partition coefficient (Wildman–Crippen LogP) is 3.11. The summed E-state index contributed by atoms with van der Waals surface area (Å²) in [5, 5.41) is 9.95. The Kier molecular flexibility index (Phi) is 3.63. The van der Waals surface area contributed by atoms with Gasteiger partial charge in [-0.05, 0) is 37.3 Å². The molecule has 82 valence electrons. The summed E-state index contributed by atoms with van der Waals surface area (Å²) < 4.78 is 0. The average molecular weight is 230 g/mol. The number of nitriles is 1. The van der Waals surface area contributed by atoms with Crippen LogP contribution in [0.1, 0.15) is 29.7 Å². The molecule has 0 radical (unpaired) electrons. The van der Waals surface area contributed by atoms with Gasteiger partial charge in [0.05, 0.1) is 5.56 Å². The lowest BCUT2D eigenvalue weighted by molar-refractivity contribution is 0.660.